The summed E-state index contributed by atoms with van der Waals surface area (Å²) in [5.74, 6) is 1.91. The number of hydrogen-bond acceptors (Lipinski definition) is 4. The molecule has 0 aromatic heterocycles. The number of carbonyl (C=O) groups excluding carboxylic acids is 1. The Morgan fingerprint density at radius 2 is 2.16 bits per heavy atom. The lowest BCUT2D eigenvalue weighted by Crippen LogP contribution is -2.28. The molecule has 1 amide bonds. The number of hydrogen-bond donors (Lipinski definition) is 3. The van der Waals surface area contributed by atoms with Gasteiger partial charge in [-0.05, 0) is 18.2 Å². The minimum Gasteiger partial charge on any atom is -0.324 e. The van der Waals surface area contributed by atoms with Gasteiger partial charge in [0.15, 0.2) is 0 Å². The minimum atomic E-state index is -3.85. The van der Waals surface area contributed by atoms with E-state index in [9.17, 15) is 13.2 Å². The Morgan fingerprint density at radius 1 is 1.47 bits per heavy atom. The van der Waals surface area contributed by atoms with E-state index in [0.29, 0.717) is 0 Å². The molecule has 0 radical (unpaired) electrons. The number of rotatable bonds is 5. The van der Waals surface area contributed by atoms with Crippen LogP contribution < -0.4 is 15.8 Å². The van der Waals surface area contributed by atoms with Crippen molar-refractivity contribution in [2.75, 3.05) is 18.4 Å². The van der Waals surface area contributed by atoms with Gasteiger partial charge in [0.05, 0.1) is 28.7 Å². The summed E-state index contributed by atoms with van der Waals surface area (Å²) < 4.78 is 22.4. The Hall–Kier alpha value is -1.59. The van der Waals surface area contributed by atoms with E-state index in [1.54, 1.807) is 0 Å². The van der Waals surface area contributed by atoms with Crippen LogP contribution in [0.5, 0.6) is 0 Å². The van der Waals surface area contributed by atoms with Crippen LogP contribution >= 0.6 is 11.6 Å². The molecule has 0 aliphatic carbocycles. The molecule has 0 aliphatic rings. The van der Waals surface area contributed by atoms with Crippen LogP contribution in [0.15, 0.2) is 23.1 Å². The number of amides is 1. The fourth-order valence-electron chi connectivity index (χ4n) is 1.22. The second-order valence-electron chi connectivity index (χ2n) is 3.54. The summed E-state index contributed by atoms with van der Waals surface area (Å²) in [6, 6.07) is 3.78. The molecular weight excluding hydrogens is 290 g/mol. The van der Waals surface area contributed by atoms with Crippen molar-refractivity contribution >= 4 is 33.2 Å². The van der Waals surface area contributed by atoms with Gasteiger partial charge >= 0.3 is 0 Å². The maximum atomic E-state index is 11.5. The van der Waals surface area contributed by atoms with Crippen molar-refractivity contribution in [3.8, 4) is 12.3 Å². The summed E-state index contributed by atoms with van der Waals surface area (Å²) >= 11 is 5.85. The molecule has 1 rings (SSSR count). The van der Waals surface area contributed by atoms with Gasteiger partial charge in [0, 0.05) is 0 Å². The van der Waals surface area contributed by atoms with Gasteiger partial charge in [-0.2, -0.15) is 0 Å². The maximum Gasteiger partial charge on any atom is 0.238 e. The molecular formula is C11H12ClN3O3S. The number of sulfonamides is 1. The lowest BCUT2D eigenvalue weighted by atomic mass is 10.3. The topological polar surface area (TPSA) is 101 Å². The SMILES string of the molecule is C#CCNCC(=O)Nc1cc(S(N)(=O)=O)ccc1Cl. The smallest absolute Gasteiger partial charge is 0.238 e. The summed E-state index contributed by atoms with van der Waals surface area (Å²) in [6.45, 7) is 0.235. The van der Waals surface area contributed by atoms with Gasteiger partial charge in [-0.15, -0.1) is 6.42 Å². The second-order valence-corrected chi connectivity index (χ2v) is 5.51. The van der Waals surface area contributed by atoms with E-state index in [1.807, 2.05) is 0 Å². The lowest BCUT2D eigenvalue weighted by molar-refractivity contribution is -0.115. The first-order chi connectivity index (χ1) is 8.84. The molecule has 1 aromatic carbocycles. The molecule has 0 saturated carbocycles. The molecule has 0 saturated heterocycles. The predicted molar refractivity (Wildman–Crippen MR) is 73.2 cm³/mol. The van der Waals surface area contributed by atoms with Crippen molar-refractivity contribution in [3.63, 3.8) is 0 Å². The van der Waals surface area contributed by atoms with Crippen LogP contribution in [0.2, 0.25) is 5.02 Å². The normalized spacial score (nSPS) is 10.8. The number of halogens is 1. The number of nitrogens with two attached hydrogens (primary N) is 1. The summed E-state index contributed by atoms with van der Waals surface area (Å²) in [6.07, 6.45) is 5.01. The number of carbonyl (C=O) groups is 1. The summed E-state index contributed by atoms with van der Waals surface area (Å²) in [5, 5.41) is 10.3. The van der Waals surface area contributed by atoms with Gasteiger partial charge in [-0.3, -0.25) is 10.1 Å². The highest BCUT2D eigenvalue weighted by Crippen LogP contribution is 2.24. The van der Waals surface area contributed by atoms with Crippen LogP contribution in [0.3, 0.4) is 0 Å². The van der Waals surface area contributed by atoms with E-state index in [0.717, 1.165) is 0 Å². The molecule has 0 spiro atoms. The van der Waals surface area contributed by atoms with Crippen LogP contribution in [0.1, 0.15) is 0 Å². The molecule has 0 unspecified atom stereocenters. The summed E-state index contributed by atoms with van der Waals surface area (Å²) in [5.41, 5.74) is 0.167. The van der Waals surface area contributed by atoms with Gasteiger partial charge in [0.1, 0.15) is 0 Å². The van der Waals surface area contributed by atoms with E-state index >= 15 is 0 Å². The standard InChI is InChI=1S/C11H12ClN3O3S/c1-2-5-14-7-11(16)15-10-6-8(19(13,17)18)3-4-9(10)12/h1,3-4,6,14H,5,7H2,(H,15,16)(H2,13,17,18). The van der Waals surface area contributed by atoms with Gasteiger partial charge in [0.2, 0.25) is 15.9 Å². The number of primary sulfonamides is 1. The number of anilines is 1. The zero-order valence-corrected chi connectivity index (χ0v) is 11.4. The molecule has 0 aliphatic heterocycles. The highest BCUT2D eigenvalue weighted by molar-refractivity contribution is 7.89. The number of nitrogens with one attached hydrogen (secondary N) is 2. The van der Waals surface area contributed by atoms with Crippen molar-refractivity contribution in [3.05, 3.63) is 23.2 Å². The van der Waals surface area contributed by atoms with E-state index in [2.05, 4.69) is 16.6 Å². The van der Waals surface area contributed by atoms with Crippen molar-refractivity contribution in [2.45, 2.75) is 4.90 Å². The molecule has 19 heavy (non-hydrogen) atoms. The van der Waals surface area contributed by atoms with Crippen molar-refractivity contribution < 1.29 is 13.2 Å². The fraction of sp³-hybridized carbons (Fsp3) is 0.182. The first-order valence-electron chi connectivity index (χ1n) is 5.11. The monoisotopic (exact) mass is 301 g/mol. The molecule has 0 bridgehead atoms. The highest BCUT2D eigenvalue weighted by atomic mass is 35.5. The van der Waals surface area contributed by atoms with Crippen molar-refractivity contribution in [1.29, 1.82) is 0 Å². The highest BCUT2D eigenvalue weighted by Gasteiger charge is 2.12. The Labute approximate surface area is 116 Å². The molecule has 0 heterocycles. The van der Waals surface area contributed by atoms with E-state index in [-0.39, 0.29) is 28.7 Å². The van der Waals surface area contributed by atoms with Crippen LogP contribution in [-0.2, 0) is 14.8 Å². The lowest BCUT2D eigenvalue weighted by Gasteiger charge is -2.08. The van der Waals surface area contributed by atoms with Gasteiger partial charge in [0.25, 0.3) is 0 Å². The van der Waals surface area contributed by atoms with Crippen molar-refractivity contribution in [1.82, 2.24) is 5.32 Å². The van der Waals surface area contributed by atoms with Crippen LogP contribution in [-0.4, -0.2) is 27.4 Å². The quantitative estimate of drug-likeness (QED) is 0.532. The average Bonchev–Trinajstić information content (AvgIpc) is 2.31. The van der Waals surface area contributed by atoms with Gasteiger partial charge in [-0.1, -0.05) is 17.5 Å². The fourth-order valence-corrected chi connectivity index (χ4v) is 1.92. The first kappa shape index (κ1) is 15.5. The zero-order valence-electron chi connectivity index (χ0n) is 9.81. The summed E-state index contributed by atoms with van der Waals surface area (Å²) in [7, 11) is -3.85. The number of terminal acetylenes is 1. The van der Waals surface area contributed by atoms with Gasteiger partial charge < -0.3 is 5.32 Å². The summed E-state index contributed by atoms with van der Waals surface area (Å²) in [4.78, 5) is 11.4. The molecule has 4 N–H and O–H groups in total. The molecule has 6 nitrogen and oxygen atoms in total. The third-order valence-electron chi connectivity index (χ3n) is 2.05. The third-order valence-corrected chi connectivity index (χ3v) is 3.29. The predicted octanol–water partition coefficient (Wildman–Crippen LogP) is 0.149. The molecule has 0 fully saturated rings. The second kappa shape index (κ2) is 6.54. The molecule has 1 aromatic rings. The van der Waals surface area contributed by atoms with Crippen LogP contribution in [0.4, 0.5) is 5.69 Å². The van der Waals surface area contributed by atoms with Crippen molar-refractivity contribution in [2.24, 2.45) is 5.14 Å². The largest absolute Gasteiger partial charge is 0.324 e. The molecule has 8 heteroatoms. The number of benzene rings is 1. The average molecular weight is 302 g/mol. The van der Waals surface area contributed by atoms with Gasteiger partial charge in [-0.25, -0.2) is 13.6 Å². The Morgan fingerprint density at radius 3 is 2.74 bits per heavy atom. The van der Waals surface area contributed by atoms with E-state index < -0.39 is 15.9 Å². The molecule has 102 valence electrons. The van der Waals surface area contributed by atoms with Crippen LogP contribution in [0, 0.1) is 12.3 Å². The Bertz CT molecular complexity index is 623. The Kier molecular flexibility index (Phi) is 5.32. The third kappa shape index (κ3) is 4.89. The molecule has 0 atom stereocenters. The minimum absolute atomic E-state index is 0.0138. The van der Waals surface area contributed by atoms with Crippen LogP contribution in [0.25, 0.3) is 0 Å². The van der Waals surface area contributed by atoms with E-state index in [1.165, 1.54) is 18.2 Å². The zero-order chi connectivity index (χ0) is 14.5. The van der Waals surface area contributed by atoms with E-state index in [4.69, 9.17) is 23.2 Å². The Balaban J connectivity index is 2.84. The first-order valence-corrected chi connectivity index (χ1v) is 7.03. The maximum absolute atomic E-state index is 11.5.